The number of carbonyl (C=O) groups excluding carboxylic acids is 1. The summed E-state index contributed by atoms with van der Waals surface area (Å²) < 4.78 is 34.7. The fraction of sp³-hybridized carbons (Fsp3) is 0.290. The third kappa shape index (κ3) is 6.60. The molecule has 1 fully saturated rings. The Bertz CT molecular complexity index is 1580. The number of rotatable bonds is 8. The van der Waals surface area contributed by atoms with E-state index in [1.807, 2.05) is 43.0 Å². The Morgan fingerprint density at radius 2 is 1.73 bits per heavy atom. The number of hydrogen-bond donors (Lipinski definition) is 1. The molecule has 9 heteroatoms. The van der Waals surface area contributed by atoms with Gasteiger partial charge in [0.05, 0.1) is 11.6 Å². The summed E-state index contributed by atoms with van der Waals surface area (Å²) in [5.41, 5.74) is 2.52. The van der Waals surface area contributed by atoms with Crippen molar-refractivity contribution in [1.82, 2.24) is 14.8 Å². The average molecular weight is 559 g/mol. The molecule has 1 saturated heterocycles. The summed E-state index contributed by atoms with van der Waals surface area (Å²) >= 11 is 0. The molecule has 1 N–H and O–H groups in total. The summed E-state index contributed by atoms with van der Waals surface area (Å²) in [6.45, 7) is 7.82. The molecule has 0 spiro atoms. The molecule has 1 aliphatic heterocycles. The van der Waals surface area contributed by atoms with Crippen LogP contribution in [0.3, 0.4) is 0 Å². The molecular formula is C31H34N4O4S. The lowest BCUT2D eigenvalue weighted by Crippen LogP contribution is -2.35. The van der Waals surface area contributed by atoms with Crippen molar-refractivity contribution in [3.63, 3.8) is 0 Å². The van der Waals surface area contributed by atoms with Crippen molar-refractivity contribution in [2.75, 3.05) is 30.9 Å². The highest BCUT2D eigenvalue weighted by Gasteiger charge is 2.22. The molecule has 1 aromatic heterocycles. The minimum absolute atomic E-state index is 0.0539. The summed E-state index contributed by atoms with van der Waals surface area (Å²) in [5, 5.41) is 0.746. The zero-order chi connectivity index (χ0) is 28.1. The fourth-order valence-corrected chi connectivity index (χ4v) is 6.19. The first-order chi connectivity index (χ1) is 19.3. The van der Waals surface area contributed by atoms with Crippen molar-refractivity contribution >= 4 is 32.5 Å². The lowest BCUT2D eigenvalue weighted by atomic mass is 10.2. The van der Waals surface area contributed by atoms with Crippen molar-refractivity contribution in [2.24, 2.45) is 0 Å². The maximum atomic E-state index is 13.3. The number of aromatic nitrogens is 1. The minimum atomic E-state index is -3.86. The second kappa shape index (κ2) is 12.1. The molecule has 4 aromatic rings. The van der Waals surface area contributed by atoms with Crippen LogP contribution in [0.2, 0.25) is 0 Å². The number of nitrogens with zero attached hydrogens (tertiary/aromatic N) is 3. The van der Waals surface area contributed by atoms with Crippen LogP contribution in [0.15, 0.2) is 90.0 Å². The number of amides is 1. The molecular weight excluding hydrogens is 524 g/mol. The maximum absolute atomic E-state index is 13.3. The number of para-hydroxylation sites is 1. The van der Waals surface area contributed by atoms with Gasteiger partial charge in [-0.15, -0.1) is 0 Å². The van der Waals surface area contributed by atoms with Gasteiger partial charge in [-0.3, -0.25) is 19.4 Å². The van der Waals surface area contributed by atoms with E-state index in [9.17, 15) is 13.2 Å². The Hall–Kier alpha value is -3.95. The molecule has 5 rings (SSSR count). The van der Waals surface area contributed by atoms with Crippen LogP contribution in [0.25, 0.3) is 10.9 Å². The number of sulfonamides is 1. The van der Waals surface area contributed by atoms with Crippen molar-refractivity contribution in [2.45, 2.75) is 37.8 Å². The molecule has 208 valence electrons. The number of nitrogens with one attached hydrogen (secondary N) is 1. The van der Waals surface area contributed by atoms with Gasteiger partial charge in [0.2, 0.25) is 0 Å². The van der Waals surface area contributed by atoms with Crippen molar-refractivity contribution < 1.29 is 17.9 Å². The average Bonchev–Trinajstić information content (AvgIpc) is 3.18. The molecule has 0 bridgehead atoms. The third-order valence-electron chi connectivity index (χ3n) is 6.82. The molecule has 0 saturated carbocycles. The van der Waals surface area contributed by atoms with E-state index in [4.69, 9.17) is 4.74 Å². The number of anilines is 1. The van der Waals surface area contributed by atoms with Gasteiger partial charge in [-0.05, 0) is 74.4 Å². The Kier molecular flexibility index (Phi) is 8.32. The Morgan fingerprint density at radius 3 is 2.52 bits per heavy atom. The number of carbonyl (C=O) groups is 1. The van der Waals surface area contributed by atoms with Crippen LogP contribution in [-0.2, 0) is 16.6 Å². The number of benzene rings is 3. The summed E-state index contributed by atoms with van der Waals surface area (Å²) in [4.78, 5) is 21.9. The quantitative estimate of drug-likeness (QED) is 0.321. The summed E-state index contributed by atoms with van der Waals surface area (Å²) in [6, 6.07) is 23.4. The molecule has 0 aliphatic carbocycles. The smallest absolute Gasteiger partial charge is 0.264 e. The predicted molar refractivity (Wildman–Crippen MR) is 157 cm³/mol. The highest BCUT2D eigenvalue weighted by Crippen LogP contribution is 2.24. The first-order valence-corrected chi connectivity index (χ1v) is 15.0. The zero-order valence-electron chi connectivity index (χ0n) is 22.8. The molecule has 0 unspecified atom stereocenters. The highest BCUT2D eigenvalue weighted by atomic mass is 32.2. The van der Waals surface area contributed by atoms with Gasteiger partial charge in [0.25, 0.3) is 15.9 Å². The first-order valence-electron chi connectivity index (χ1n) is 13.5. The number of fused-ring (bicyclic) bond motifs is 1. The summed E-state index contributed by atoms with van der Waals surface area (Å²) in [5.74, 6) is 0.820. The van der Waals surface area contributed by atoms with Crippen molar-refractivity contribution in [3.05, 3.63) is 96.2 Å². The monoisotopic (exact) mass is 558 g/mol. The van der Waals surface area contributed by atoms with E-state index >= 15 is 0 Å². The lowest BCUT2D eigenvalue weighted by Gasteiger charge is -2.22. The maximum Gasteiger partial charge on any atom is 0.264 e. The molecule has 8 nitrogen and oxygen atoms in total. The van der Waals surface area contributed by atoms with Gasteiger partial charge in [0, 0.05) is 55.6 Å². The van der Waals surface area contributed by atoms with E-state index in [2.05, 4.69) is 26.7 Å². The van der Waals surface area contributed by atoms with Gasteiger partial charge in [-0.2, -0.15) is 0 Å². The van der Waals surface area contributed by atoms with Gasteiger partial charge in [0.1, 0.15) is 10.6 Å². The van der Waals surface area contributed by atoms with Gasteiger partial charge < -0.3 is 9.64 Å². The fourth-order valence-electron chi connectivity index (χ4n) is 4.95. The molecule has 3 aromatic carbocycles. The van der Waals surface area contributed by atoms with E-state index in [1.165, 1.54) is 11.6 Å². The molecule has 2 heterocycles. The normalized spacial score (nSPS) is 14.7. The topological polar surface area (TPSA) is 91.8 Å². The van der Waals surface area contributed by atoms with Gasteiger partial charge in [-0.25, -0.2) is 8.42 Å². The number of ether oxygens (including phenoxy) is 1. The third-order valence-corrected chi connectivity index (χ3v) is 8.23. The first kappa shape index (κ1) is 27.6. The number of hydrogen-bond acceptors (Lipinski definition) is 6. The Labute approximate surface area is 235 Å². The molecule has 40 heavy (non-hydrogen) atoms. The zero-order valence-corrected chi connectivity index (χ0v) is 23.6. The standard InChI is InChI=1S/C31H34N4O4S/c1-23(2)39-28-10-3-7-24(21-28)22-34-17-6-18-35(20-19-34)31(36)26-12-14-27(15-13-26)33-40(37,38)29-11-4-8-25-9-5-16-32-30(25)29/h3-5,7-16,21,23,33H,6,17-20,22H2,1-2H3. The predicted octanol–water partition coefficient (Wildman–Crippen LogP) is 5.17. The largest absolute Gasteiger partial charge is 0.491 e. The second-order valence-electron chi connectivity index (χ2n) is 10.3. The Balaban J connectivity index is 1.20. The molecule has 1 aliphatic rings. The SMILES string of the molecule is CC(C)Oc1cccc(CN2CCCN(C(=O)c3ccc(NS(=O)(=O)c4cccc5cccnc45)cc3)CC2)c1. The van der Waals surface area contributed by atoms with Crippen LogP contribution in [0, 0.1) is 0 Å². The van der Waals surface area contributed by atoms with E-state index in [1.54, 1.807) is 42.6 Å². The van der Waals surface area contributed by atoms with Gasteiger partial charge >= 0.3 is 0 Å². The van der Waals surface area contributed by atoms with Crippen LogP contribution >= 0.6 is 0 Å². The minimum Gasteiger partial charge on any atom is -0.491 e. The van der Waals surface area contributed by atoms with Crippen LogP contribution in [0.5, 0.6) is 5.75 Å². The van der Waals surface area contributed by atoms with Gasteiger partial charge in [-0.1, -0.05) is 30.3 Å². The van der Waals surface area contributed by atoms with E-state index in [0.717, 1.165) is 37.2 Å². The van der Waals surface area contributed by atoms with E-state index in [0.29, 0.717) is 29.9 Å². The van der Waals surface area contributed by atoms with Crippen molar-refractivity contribution in [3.8, 4) is 5.75 Å². The van der Waals surface area contributed by atoms with Gasteiger partial charge in [0.15, 0.2) is 0 Å². The van der Waals surface area contributed by atoms with E-state index in [-0.39, 0.29) is 16.9 Å². The van der Waals surface area contributed by atoms with E-state index < -0.39 is 10.0 Å². The summed E-state index contributed by atoms with van der Waals surface area (Å²) in [7, 11) is -3.86. The lowest BCUT2D eigenvalue weighted by molar-refractivity contribution is 0.0761. The molecule has 1 amide bonds. The molecule has 0 atom stereocenters. The highest BCUT2D eigenvalue weighted by molar-refractivity contribution is 7.93. The van der Waals surface area contributed by atoms with Crippen LogP contribution in [0.1, 0.15) is 36.2 Å². The number of pyridine rings is 1. The van der Waals surface area contributed by atoms with Crippen LogP contribution < -0.4 is 9.46 Å². The van der Waals surface area contributed by atoms with Crippen LogP contribution in [-0.4, -0.2) is 61.4 Å². The second-order valence-corrected chi connectivity index (χ2v) is 11.9. The Morgan fingerprint density at radius 1 is 0.950 bits per heavy atom. The molecule has 0 radical (unpaired) electrons. The summed E-state index contributed by atoms with van der Waals surface area (Å²) in [6.07, 6.45) is 2.58. The van der Waals surface area contributed by atoms with Crippen molar-refractivity contribution in [1.29, 1.82) is 0 Å². The van der Waals surface area contributed by atoms with Crippen LogP contribution in [0.4, 0.5) is 5.69 Å².